The van der Waals surface area contributed by atoms with Crippen LogP contribution < -0.4 is 16.0 Å². The first-order valence-electron chi connectivity index (χ1n) is 5.78. The number of nitrogens with two attached hydrogens (primary N) is 1. The minimum Gasteiger partial charge on any atom is -0.476 e. The van der Waals surface area contributed by atoms with Gasteiger partial charge in [-0.05, 0) is 53.8 Å². The maximum Gasteiger partial charge on any atom is 0.268 e. The summed E-state index contributed by atoms with van der Waals surface area (Å²) in [6.07, 6.45) is 4.93. The van der Waals surface area contributed by atoms with Crippen LogP contribution in [0.15, 0.2) is 11.1 Å². The van der Waals surface area contributed by atoms with Gasteiger partial charge in [-0.25, -0.2) is 4.98 Å². The SMILES string of the molecule is NCC1CCCC1COc1nc[nH]c(=O)c1I. The average Bonchev–Trinajstić information content (AvgIpc) is 2.78. The van der Waals surface area contributed by atoms with Gasteiger partial charge in [0.05, 0.1) is 12.9 Å². The van der Waals surface area contributed by atoms with Crippen LogP contribution in [0.25, 0.3) is 0 Å². The quantitative estimate of drug-likeness (QED) is 0.799. The molecule has 5 nitrogen and oxygen atoms in total. The number of H-pyrrole nitrogens is 1. The van der Waals surface area contributed by atoms with E-state index >= 15 is 0 Å². The highest BCUT2D eigenvalue weighted by Crippen LogP contribution is 2.31. The van der Waals surface area contributed by atoms with Crippen molar-refractivity contribution in [2.24, 2.45) is 17.6 Å². The van der Waals surface area contributed by atoms with Crippen molar-refractivity contribution in [1.82, 2.24) is 9.97 Å². The standard InChI is InChI=1S/C11H16IN3O2/c12-9-10(16)14-6-15-11(9)17-5-8-3-1-2-7(8)4-13/h6-8H,1-5,13H2,(H,14,15,16). The zero-order chi connectivity index (χ0) is 12.3. The molecule has 1 aliphatic carbocycles. The molecule has 0 aliphatic heterocycles. The molecule has 0 spiro atoms. The zero-order valence-corrected chi connectivity index (χ0v) is 11.6. The summed E-state index contributed by atoms with van der Waals surface area (Å²) in [5.74, 6) is 1.48. The predicted octanol–water partition coefficient (Wildman–Crippen LogP) is 1.13. The molecule has 2 unspecified atom stereocenters. The van der Waals surface area contributed by atoms with Crippen LogP contribution in [0, 0.1) is 15.4 Å². The molecular weight excluding hydrogens is 333 g/mol. The summed E-state index contributed by atoms with van der Waals surface area (Å²) in [6.45, 7) is 1.32. The van der Waals surface area contributed by atoms with E-state index < -0.39 is 0 Å². The Morgan fingerprint density at radius 2 is 2.29 bits per heavy atom. The fraction of sp³-hybridized carbons (Fsp3) is 0.636. The van der Waals surface area contributed by atoms with Gasteiger partial charge in [0, 0.05) is 0 Å². The van der Waals surface area contributed by atoms with Crippen LogP contribution in [-0.4, -0.2) is 23.1 Å². The molecule has 2 rings (SSSR count). The zero-order valence-electron chi connectivity index (χ0n) is 9.49. The number of aromatic nitrogens is 2. The van der Waals surface area contributed by atoms with Crippen LogP contribution in [0.1, 0.15) is 19.3 Å². The van der Waals surface area contributed by atoms with Crippen LogP contribution in [0.2, 0.25) is 0 Å². The van der Waals surface area contributed by atoms with Gasteiger partial charge in [-0.15, -0.1) is 0 Å². The van der Waals surface area contributed by atoms with Gasteiger partial charge in [-0.2, -0.15) is 0 Å². The number of halogens is 1. The van der Waals surface area contributed by atoms with E-state index in [4.69, 9.17) is 10.5 Å². The number of rotatable bonds is 4. The molecule has 94 valence electrons. The molecule has 17 heavy (non-hydrogen) atoms. The Balaban J connectivity index is 1.98. The molecule has 1 aromatic rings. The minimum absolute atomic E-state index is 0.155. The monoisotopic (exact) mass is 349 g/mol. The third kappa shape index (κ3) is 2.98. The first kappa shape index (κ1) is 12.8. The molecule has 0 amide bonds. The molecule has 1 heterocycles. The van der Waals surface area contributed by atoms with Crippen molar-refractivity contribution in [3.05, 3.63) is 20.3 Å². The Kier molecular flexibility index (Phi) is 4.38. The molecule has 3 N–H and O–H groups in total. The van der Waals surface area contributed by atoms with Crippen LogP contribution in [0.4, 0.5) is 0 Å². The highest BCUT2D eigenvalue weighted by Gasteiger charge is 2.26. The van der Waals surface area contributed by atoms with Gasteiger partial charge in [0.25, 0.3) is 5.56 Å². The predicted molar refractivity (Wildman–Crippen MR) is 73.0 cm³/mol. The number of ether oxygens (including phenoxy) is 1. The van der Waals surface area contributed by atoms with Crippen LogP contribution in [0.3, 0.4) is 0 Å². The van der Waals surface area contributed by atoms with Crippen molar-refractivity contribution >= 4 is 22.6 Å². The number of nitrogens with zero attached hydrogens (tertiary/aromatic N) is 1. The third-order valence-electron chi connectivity index (χ3n) is 3.32. The molecule has 0 radical (unpaired) electrons. The van der Waals surface area contributed by atoms with E-state index in [-0.39, 0.29) is 5.56 Å². The lowest BCUT2D eigenvalue weighted by Gasteiger charge is -2.18. The van der Waals surface area contributed by atoms with Crippen LogP contribution in [0.5, 0.6) is 5.88 Å². The Morgan fingerprint density at radius 3 is 3.06 bits per heavy atom. The first-order valence-corrected chi connectivity index (χ1v) is 6.86. The molecule has 0 bridgehead atoms. The first-order chi connectivity index (χ1) is 8.22. The van der Waals surface area contributed by atoms with Crippen molar-refractivity contribution < 1.29 is 4.74 Å². The summed E-state index contributed by atoms with van der Waals surface area (Å²) in [6, 6.07) is 0. The molecule has 6 heteroatoms. The second-order valence-corrected chi connectivity index (χ2v) is 5.43. The fourth-order valence-electron chi connectivity index (χ4n) is 2.30. The van der Waals surface area contributed by atoms with Gasteiger partial charge in [-0.1, -0.05) is 6.42 Å². The van der Waals surface area contributed by atoms with Gasteiger partial charge in [0.15, 0.2) is 0 Å². The van der Waals surface area contributed by atoms with E-state index in [1.54, 1.807) is 0 Å². The maximum atomic E-state index is 11.4. The van der Waals surface area contributed by atoms with Gasteiger partial charge < -0.3 is 15.5 Å². The summed E-state index contributed by atoms with van der Waals surface area (Å²) in [4.78, 5) is 17.9. The molecular formula is C11H16IN3O2. The molecule has 1 fully saturated rings. The average molecular weight is 349 g/mol. The summed E-state index contributed by atoms with van der Waals surface area (Å²) < 4.78 is 6.15. The van der Waals surface area contributed by atoms with Crippen molar-refractivity contribution in [3.8, 4) is 5.88 Å². The van der Waals surface area contributed by atoms with E-state index in [2.05, 4.69) is 9.97 Å². The maximum absolute atomic E-state index is 11.4. The lowest BCUT2D eigenvalue weighted by molar-refractivity contribution is 0.208. The summed E-state index contributed by atoms with van der Waals surface area (Å²) in [5.41, 5.74) is 5.56. The number of nitrogens with one attached hydrogen (secondary N) is 1. The molecule has 1 saturated carbocycles. The molecule has 1 aromatic heterocycles. The van der Waals surface area contributed by atoms with Crippen LogP contribution in [-0.2, 0) is 0 Å². The van der Waals surface area contributed by atoms with Crippen molar-refractivity contribution in [2.75, 3.05) is 13.2 Å². The number of aromatic amines is 1. The molecule has 0 aromatic carbocycles. The fourth-order valence-corrected chi connectivity index (χ4v) is 2.75. The van der Waals surface area contributed by atoms with Gasteiger partial charge in [-0.3, -0.25) is 4.79 Å². The second kappa shape index (κ2) is 5.81. The van der Waals surface area contributed by atoms with Crippen molar-refractivity contribution in [2.45, 2.75) is 19.3 Å². The Hall–Kier alpha value is -0.630. The molecule has 0 saturated heterocycles. The van der Waals surface area contributed by atoms with E-state index in [0.29, 0.717) is 34.4 Å². The summed E-state index contributed by atoms with van der Waals surface area (Å²) in [5, 5.41) is 0. The number of hydrogen-bond donors (Lipinski definition) is 2. The second-order valence-electron chi connectivity index (χ2n) is 4.35. The Morgan fingerprint density at radius 1 is 1.53 bits per heavy atom. The third-order valence-corrected chi connectivity index (χ3v) is 4.27. The summed E-state index contributed by atoms with van der Waals surface area (Å²) >= 11 is 1.95. The lowest BCUT2D eigenvalue weighted by atomic mass is 9.97. The molecule has 2 atom stereocenters. The Bertz CT molecular complexity index is 435. The van der Waals surface area contributed by atoms with Crippen LogP contribution >= 0.6 is 22.6 Å². The van der Waals surface area contributed by atoms with E-state index in [1.165, 1.54) is 19.2 Å². The Labute approximate surface area is 113 Å². The summed E-state index contributed by atoms with van der Waals surface area (Å²) in [7, 11) is 0. The topological polar surface area (TPSA) is 81.0 Å². The number of hydrogen-bond acceptors (Lipinski definition) is 4. The highest BCUT2D eigenvalue weighted by molar-refractivity contribution is 14.1. The molecule has 1 aliphatic rings. The van der Waals surface area contributed by atoms with E-state index in [9.17, 15) is 4.79 Å². The van der Waals surface area contributed by atoms with Gasteiger partial charge in [0.1, 0.15) is 3.57 Å². The minimum atomic E-state index is -0.155. The van der Waals surface area contributed by atoms with Crippen molar-refractivity contribution in [3.63, 3.8) is 0 Å². The largest absolute Gasteiger partial charge is 0.476 e. The van der Waals surface area contributed by atoms with Gasteiger partial charge >= 0.3 is 0 Å². The van der Waals surface area contributed by atoms with E-state index in [1.807, 2.05) is 22.6 Å². The van der Waals surface area contributed by atoms with E-state index in [0.717, 1.165) is 6.42 Å². The van der Waals surface area contributed by atoms with Gasteiger partial charge in [0.2, 0.25) is 5.88 Å². The highest BCUT2D eigenvalue weighted by atomic mass is 127. The smallest absolute Gasteiger partial charge is 0.268 e. The van der Waals surface area contributed by atoms with Crippen molar-refractivity contribution in [1.29, 1.82) is 0 Å². The normalized spacial score (nSPS) is 23.9. The lowest BCUT2D eigenvalue weighted by Crippen LogP contribution is -2.24.